The molecule has 4 heteroatoms. The van der Waals surface area contributed by atoms with E-state index in [1.807, 2.05) is 20.3 Å². The summed E-state index contributed by atoms with van der Waals surface area (Å²) in [5.74, 6) is 0. The number of benzene rings is 1. The first kappa shape index (κ1) is 12.8. The van der Waals surface area contributed by atoms with Crippen LogP contribution >= 0.6 is 0 Å². The lowest BCUT2D eigenvalue weighted by Crippen LogP contribution is -2.20. The second kappa shape index (κ2) is 5.31. The van der Waals surface area contributed by atoms with Gasteiger partial charge in [-0.2, -0.15) is 0 Å². The van der Waals surface area contributed by atoms with Crippen LogP contribution in [0.15, 0.2) is 24.4 Å². The highest BCUT2D eigenvalue weighted by Gasteiger charge is 2.14. The molecular weight excluding hydrogens is 224 g/mol. The topological polar surface area (TPSA) is 42.7 Å². The van der Waals surface area contributed by atoms with Crippen molar-refractivity contribution in [2.45, 2.75) is 26.3 Å². The summed E-state index contributed by atoms with van der Waals surface area (Å²) in [6.45, 7) is 4.27. The van der Waals surface area contributed by atoms with E-state index in [4.69, 9.17) is 0 Å². The Morgan fingerprint density at radius 1 is 1.33 bits per heavy atom. The maximum atomic E-state index is 4.15. The molecule has 2 aromatic rings. The number of nitrogens with one attached hydrogen (secondary N) is 1. The molecule has 0 saturated carbocycles. The van der Waals surface area contributed by atoms with E-state index < -0.39 is 0 Å². The molecule has 0 radical (unpaired) electrons. The fourth-order valence-electron chi connectivity index (χ4n) is 2.28. The summed E-state index contributed by atoms with van der Waals surface area (Å²) in [7, 11) is 3.88. The van der Waals surface area contributed by atoms with Crippen LogP contribution in [0.25, 0.3) is 0 Å². The first-order valence-electron chi connectivity index (χ1n) is 6.19. The molecule has 0 aliphatic carbocycles. The van der Waals surface area contributed by atoms with Crippen LogP contribution in [0.4, 0.5) is 0 Å². The van der Waals surface area contributed by atoms with Gasteiger partial charge in [0, 0.05) is 25.7 Å². The summed E-state index contributed by atoms with van der Waals surface area (Å²) in [5, 5.41) is 11.5. The summed E-state index contributed by atoms with van der Waals surface area (Å²) >= 11 is 0. The molecule has 0 amide bonds. The van der Waals surface area contributed by atoms with E-state index >= 15 is 0 Å². The van der Waals surface area contributed by atoms with Crippen LogP contribution in [0.3, 0.4) is 0 Å². The van der Waals surface area contributed by atoms with Gasteiger partial charge in [0.15, 0.2) is 0 Å². The Kier molecular flexibility index (Phi) is 3.77. The number of nitrogens with zero attached hydrogens (tertiary/aromatic N) is 3. The van der Waals surface area contributed by atoms with Crippen molar-refractivity contribution in [2.75, 3.05) is 7.05 Å². The summed E-state index contributed by atoms with van der Waals surface area (Å²) in [6.07, 6.45) is 2.82. The third kappa shape index (κ3) is 2.76. The zero-order valence-corrected chi connectivity index (χ0v) is 11.4. The van der Waals surface area contributed by atoms with E-state index in [1.165, 1.54) is 16.7 Å². The normalized spacial score (nSPS) is 12.7. The van der Waals surface area contributed by atoms with Crippen molar-refractivity contribution >= 4 is 0 Å². The summed E-state index contributed by atoms with van der Waals surface area (Å²) in [4.78, 5) is 0. The predicted molar refractivity (Wildman–Crippen MR) is 72.4 cm³/mol. The quantitative estimate of drug-likeness (QED) is 0.893. The highest BCUT2D eigenvalue weighted by atomic mass is 15.4. The van der Waals surface area contributed by atoms with Gasteiger partial charge in [0.05, 0.1) is 5.69 Å². The Labute approximate surface area is 108 Å². The Bertz CT molecular complexity index is 530. The average molecular weight is 244 g/mol. The van der Waals surface area contributed by atoms with Gasteiger partial charge in [-0.15, -0.1) is 5.10 Å². The maximum Gasteiger partial charge on any atom is 0.0845 e. The molecule has 1 unspecified atom stereocenters. The molecule has 96 valence electrons. The van der Waals surface area contributed by atoms with Crippen LogP contribution in [0.2, 0.25) is 0 Å². The summed E-state index contributed by atoms with van der Waals surface area (Å²) < 4.78 is 1.74. The van der Waals surface area contributed by atoms with Crippen LogP contribution in [0, 0.1) is 13.8 Å². The molecule has 1 heterocycles. The number of aromatic nitrogens is 3. The standard InChI is InChI=1S/C14H20N4/c1-10-5-6-13(11(2)7-10)14(15-3)8-12-9-18(4)17-16-12/h5-7,9,14-15H,8H2,1-4H3. The monoisotopic (exact) mass is 244 g/mol. The van der Waals surface area contributed by atoms with Crippen molar-refractivity contribution in [3.63, 3.8) is 0 Å². The number of likely N-dealkylation sites (N-methyl/N-ethyl adjacent to an activating group) is 1. The SMILES string of the molecule is CNC(Cc1cn(C)nn1)c1ccc(C)cc1C. The van der Waals surface area contributed by atoms with Crippen LogP contribution in [0.5, 0.6) is 0 Å². The molecular formula is C14H20N4. The van der Waals surface area contributed by atoms with E-state index in [2.05, 4.69) is 47.7 Å². The summed E-state index contributed by atoms with van der Waals surface area (Å²) in [6, 6.07) is 6.85. The van der Waals surface area contributed by atoms with Gasteiger partial charge >= 0.3 is 0 Å². The number of rotatable bonds is 4. The Balaban J connectivity index is 2.22. The van der Waals surface area contributed by atoms with E-state index in [0.717, 1.165) is 12.1 Å². The zero-order chi connectivity index (χ0) is 13.1. The van der Waals surface area contributed by atoms with E-state index in [-0.39, 0.29) is 6.04 Å². The average Bonchev–Trinajstić information content (AvgIpc) is 2.72. The molecule has 0 aliphatic rings. The fourth-order valence-corrected chi connectivity index (χ4v) is 2.28. The number of aryl methyl sites for hydroxylation is 3. The molecule has 2 rings (SSSR count). The lowest BCUT2D eigenvalue weighted by molar-refractivity contribution is 0.580. The first-order chi connectivity index (χ1) is 8.60. The molecule has 0 aliphatic heterocycles. The van der Waals surface area contributed by atoms with Gasteiger partial charge in [-0.3, -0.25) is 4.68 Å². The minimum absolute atomic E-state index is 0.280. The summed E-state index contributed by atoms with van der Waals surface area (Å²) in [5.41, 5.74) is 4.95. The molecule has 0 bridgehead atoms. The minimum atomic E-state index is 0.280. The zero-order valence-electron chi connectivity index (χ0n) is 11.4. The Hall–Kier alpha value is -1.68. The van der Waals surface area contributed by atoms with Gasteiger partial charge in [-0.1, -0.05) is 29.0 Å². The van der Waals surface area contributed by atoms with Gasteiger partial charge in [-0.05, 0) is 32.0 Å². The van der Waals surface area contributed by atoms with Crippen molar-refractivity contribution < 1.29 is 0 Å². The van der Waals surface area contributed by atoms with Crippen LogP contribution in [-0.2, 0) is 13.5 Å². The molecule has 1 aromatic carbocycles. The van der Waals surface area contributed by atoms with Crippen LogP contribution in [-0.4, -0.2) is 22.0 Å². The molecule has 1 N–H and O–H groups in total. The largest absolute Gasteiger partial charge is 0.313 e. The van der Waals surface area contributed by atoms with E-state index in [1.54, 1.807) is 4.68 Å². The van der Waals surface area contributed by atoms with Crippen molar-refractivity contribution in [3.8, 4) is 0 Å². The molecule has 18 heavy (non-hydrogen) atoms. The van der Waals surface area contributed by atoms with Gasteiger partial charge in [-0.25, -0.2) is 0 Å². The third-order valence-electron chi connectivity index (χ3n) is 3.21. The Morgan fingerprint density at radius 3 is 2.67 bits per heavy atom. The lowest BCUT2D eigenvalue weighted by atomic mass is 9.96. The highest BCUT2D eigenvalue weighted by Crippen LogP contribution is 2.21. The van der Waals surface area contributed by atoms with Crippen molar-refractivity contribution in [1.29, 1.82) is 0 Å². The van der Waals surface area contributed by atoms with Gasteiger partial charge in [0.2, 0.25) is 0 Å². The minimum Gasteiger partial charge on any atom is -0.313 e. The highest BCUT2D eigenvalue weighted by molar-refractivity contribution is 5.33. The lowest BCUT2D eigenvalue weighted by Gasteiger charge is -2.18. The third-order valence-corrected chi connectivity index (χ3v) is 3.21. The molecule has 1 aromatic heterocycles. The fraction of sp³-hybridized carbons (Fsp3) is 0.429. The van der Waals surface area contributed by atoms with E-state index in [0.29, 0.717) is 0 Å². The number of hydrogen-bond acceptors (Lipinski definition) is 3. The second-order valence-electron chi connectivity index (χ2n) is 4.79. The smallest absolute Gasteiger partial charge is 0.0845 e. The Morgan fingerprint density at radius 2 is 2.11 bits per heavy atom. The van der Waals surface area contributed by atoms with Gasteiger partial charge in [0.25, 0.3) is 0 Å². The molecule has 1 atom stereocenters. The van der Waals surface area contributed by atoms with E-state index in [9.17, 15) is 0 Å². The van der Waals surface area contributed by atoms with Crippen molar-refractivity contribution in [2.24, 2.45) is 7.05 Å². The van der Waals surface area contributed by atoms with Crippen LogP contribution in [0.1, 0.15) is 28.4 Å². The first-order valence-corrected chi connectivity index (χ1v) is 6.19. The van der Waals surface area contributed by atoms with Gasteiger partial charge < -0.3 is 5.32 Å². The van der Waals surface area contributed by atoms with Gasteiger partial charge in [0.1, 0.15) is 0 Å². The van der Waals surface area contributed by atoms with Crippen molar-refractivity contribution in [1.82, 2.24) is 20.3 Å². The van der Waals surface area contributed by atoms with Crippen LogP contribution < -0.4 is 5.32 Å². The number of hydrogen-bond donors (Lipinski definition) is 1. The van der Waals surface area contributed by atoms with Crippen molar-refractivity contribution in [3.05, 3.63) is 46.8 Å². The maximum absolute atomic E-state index is 4.15. The second-order valence-corrected chi connectivity index (χ2v) is 4.79. The molecule has 0 spiro atoms. The molecule has 0 saturated heterocycles. The molecule has 0 fully saturated rings. The predicted octanol–water partition coefficient (Wildman–Crippen LogP) is 1.94. The molecule has 4 nitrogen and oxygen atoms in total.